The van der Waals surface area contributed by atoms with Gasteiger partial charge in [0.25, 0.3) is 0 Å². The zero-order valence-electron chi connectivity index (χ0n) is 9.32. The van der Waals surface area contributed by atoms with Crippen LogP contribution in [0.1, 0.15) is 27.2 Å². The summed E-state index contributed by atoms with van der Waals surface area (Å²) < 4.78 is 27.8. The molecule has 0 aliphatic carbocycles. The van der Waals surface area contributed by atoms with Crippen LogP contribution in [0.3, 0.4) is 0 Å². The number of sulfone groups is 1. The van der Waals surface area contributed by atoms with Gasteiger partial charge in [-0.3, -0.25) is 4.79 Å². The maximum absolute atomic E-state index is 11.5. The number of aliphatic hydroxyl groups is 1. The maximum Gasteiger partial charge on any atom is 0.303 e. The SMILES string of the molecule is CC(=O)OC(C)(C)CS(=O)(=O)CCCO. The number of ether oxygens (including phenoxy) is 1. The molecule has 0 aliphatic heterocycles. The van der Waals surface area contributed by atoms with E-state index in [1.807, 2.05) is 0 Å². The summed E-state index contributed by atoms with van der Waals surface area (Å²) in [5.74, 6) is -0.814. The largest absolute Gasteiger partial charge is 0.459 e. The minimum atomic E-state index is -3.28. The molecule has 0 spiro atoms. The van der Waals surface area contributed by atoms with Crippen LogP contribution in [0, 0.1) is 0 Å². The molecule has 0 aromatic carbocycles. The molecule has 0 amide bonds. The molecule has 0 heterocycles. The standard InChI is InChI=1S/C9H18O5S/c1-8(11)14-9(2,3)7-15(12,13)6-4-5-10/h10H,4-7H2,1-3H3. The van der Waals surface area contributed by atoms with Gasteiger partial charge in [-0.2, -0.15) is 0 Å². The Labute approximate surface area is 90.4 Å². The van der Waals surface area contributed by atoms with Gasteiger partial charge in [0, 0.05) is 13.5 Å². The van der Waals surface area contributed by atoms with Crippen molar-refractivity contribution in [3.63, 3.8) is 0 Å². The van der Waals surface area contributed by atoms with E-state index in [1.165, 1.54) is 6.92 Å². The molecule has 0 saturated heterocycles. The maximum atomic E-state index is 11.5. The van der Waals surface area contributed by atoms with E-state index < -0.39 is 21.4 Å². The van der Waals surface area contributed by atoms with Crippen LogP contribution < -0.4 is 0 Å². The number of rotatable bonds is 6. The Hall–Kier alpha value is -0.620. The lowest BCUT2D eigenvalue weighted by atomic mass is 10.2. The molecule has 1 N–H and O–H groups in total. The highest BCUT2D eigenvalue weighted by atomic mass is 32.2. The molecule has 6 heteroatoms. The average Bonchev–Trinajstić information content (AvgIpc) is 1.95. The quantitative estimate of drug-likeness (QED) is 0.665. The third-order valence-corrected chi connectivity index (χ3v) is 3.65. The Morgan fingerprint density at radius 2 is 1.93 bits per heavy atom. The van der Waals surface area contributed by atoms with Gasteiger partial charge < -0.3 is 9.84 Å². The Kier molecular flexibility index (Phi) is 5.23. The van der Waals surface area contributed by atoms with E-state index in [1.54, 1.807) is 13.8 Å². The van der Waals surface area contributed by atoms with Gasteiger partial charge in [-0.1, -0.05) is 0 Å². The van der Waals surface area contributed by atoms with Gasteiger partial charge in [0.2, 0.25) is 0 Å². The molecule has 0 bridgehead atoms. The van der Waals surface area contributed by atoms with E-state index in [9.17, 15) is 13.2 Å². The average molecular weight is 238 g/mol. The second-order valence-electron chi connectivity index (χ2n) is 4.02. The van der Waals surface area contributed by atoms with Crippen molar-refractivity contribution >= 4 is 15.8 Å². The van der Waals surface area contributed by atoms with Gasteiger partial charge in [0.15, 0.2) is 9.84 Å². The molecule has 0 aromatic heterocycles. The summed E-state index contributed by atoms with van der Waals surface area (Å²) >= 11 is 0. The second-order valence-corrected chi connectivity index (χ2v) is 6.21. The first-order valence-electron chi connectivity index (χ1n) is 4.69. The normalized spacial score (nSPS) is 12.5. The predicted molar refractivity (Wildman–Crippen MR) is 56.2 cm³/mol. The fourth-order valence-electron chi connectivity index (χ4n) is 1.30. The summed E-state index contributed by atoms with van der Waals surface area (Å²) in [6, 6.07) is 0. The fraction of sp³-hybridized carbons (Fsp3) is 0.889. The minimum Gasteiger partial charge on any atom is -0.459 e. The third kappa shape index (κ3) is 7.33. The van der Waals surface area contributed by atoms with Crippen LogP contribution in [0.2, 0.25) is 0 Å². The Morgan fingerprint density at radius 1 is 1.40 bits per heavy atom. The highest BCUT2D eigenvalue weighted by molar-refractivity contribution is 7.91. The number of esters is 1. The lowest BCUT2D eigenvalue weighted by molar-refractivity contribution is -0.151. The van der Waals surface area contributed by atoms with E-state index in [4.69, 9.17) is 9.84 Å². The molecule has 0 radical (unpaired) electrons. The molecular weight excluding hydrogens is 220 g/mol. The topological polar surface area (TPSA) is 80.7 Å². The van der Waals surface area contributed by atoms with Crippen molar-refractivity contribution in [3.8, 4) is 0 Å². The summed E-state index contributed by atoms with van der Waals surface area (Å²) in [6.07, 6.45) is 0.207. The van der Waals surface area contributed by atoms with Crippen LogP contribution in [-0.4, -0.2) is 43.2 Å². The van der Waals surface area contributed by atoms with Gasteiger partial charge in [-0.15, -0.1) is 0 Å². The zero-order chi connectivity index (χ0) is 12.1. The van der Waals surface area contributed by atoms with Gasteiger partial charge in [0.05, 0.1) is 11.5 Å². The van der Waals surface area contributed by atoms with Crippen molar-refractivity contribution in [2.75, 3.05) is 18.1 Å². The molecule has 0 rings (SSSR count). The molecule has 0 saturated carbocycles. The van der Waals surface area contributed by atoms with E-state index in [0.717, 1.165) is 0 Å². The monoisotopic (exact) mass is 238 g/mol. The summed E-state index contributed by atoms with van der Waals surface area (Å²) in [7, 11) is -3.28. The molecule has 15 heavy (non-hydrogen) atoms. The van der Waals surface area contributed by atoms with E-state index >= 15 is 0 Å². The minimum absolute atomic E-state index is 0.0891. The van der Waals surface area contributed by atoms with Crippen LogP contribution in [-0.2, 0) is 19.4 Å². The molecular formula is C9H18O5S. The van der Waals surface area contributed by atoms with Gasteiger partial charge in [0.1, 0.15) is 5.60 Å². The third-order valence-electron chi connectivity index (χ3n) is 1.60. The van der Waals surface area contributed by atoms with Crippen LogP contribution in [0.4, 0.5) is 0 Å². The lowest BCUT2D eigenvalue weighted by Crippen LogP contribution is -2.36. The second kappa shape index (κ2) is 5.46. The number of carbonyl (C=O) groups excluding carboxylic acids is 1. The van der Waals surface area contributed by atoms with Gasteiger partial charge in [-0.05, 0) is 20.3 Å². The molecule has 0 atom stereocenters. The molecule has 90 valence electrons. The zero-order valence-corrected chi connectivity index (χ0v) is 10.1. The molecule has 0 aromatic rings. The fourth-order valence-corrected chi connectivity index (χ4v) is 3.14. The number of carbonyl (C=O) groups is 1. The summed E-state index contributed by atoms with van der Waals surface area (Å²) in [5.41, 5.74) is -1.01. The molecule has 0 fully saturated rings. The summed E-state index contributed by atoms with van der Waals surface area (Å²) in [5, 5.41) is 8.52. The Bertz CT molecular complexity index is 304. The van der Waals surface area contributed by atoms with Gasteiger partial charge in [-0.25, -0.2) is 8.42 Å². The number of hydrogen-bond acceptors (Lipinski definition) is 5. The molecule has 0 unspecified atom stereocenters. The van der Waals surface area contributed by atoms with Crippen LogP contribution >= 0.6 is 0 Å². The highest BCUT2D eigenvalue weighted by Crippen LogP contribution is 2.13. The first kappa shape index (κ1) is 14.4. The van der Waals surface area contributed by atoms with E-state index in [-0.39, 0.29) is 24.5 Å². The Balaban J connectivity index is 4.37. The first-order valence-corrected chi connectivity index (χ1v) is 6.51. The van der Waals surface area contributed by atoms with Crippen LogP contribution in [0.15, 0.2) is 0 Å². The number of aliphatic hydroxyl groups excluding tert-OH is 1. The van der Waals surface area contributed by atoms with Crippen molar-refractivity contribution in [2.24, 2.45) is 0 Å². The first-order chi connectivity index (χ1) is 6.68. The van der Waals surface area contributed by atoms with Crippen molar-refractivity contribution in [1.82, 2.24) is 0 Å². The van der Waals surface area contributed by atoms with Crippen molar-refractivity contribution in [3.05, 3.63) is 0 Å². The molecule has 0 aliphatic rings. The van der Waals surface area contributed by atoms with Crippen LogP contribution in [0.5, 0.6) is 0 Å². The Morgan fingerprint density at radius 3 is 2.33 bits per heavy atom. The highest BCUT2D eigenvalue weighted by Gasteiger charge is 2.28. The van der Waals surface area contributed by atoms with E-state index in [2.05, 4.69) is 0 Å². The lowest BCUT2D eigenvalue weighted by Gasteiger charge is -2.23. The summed E-state index contributed by atoms with van der Waals surface area (Å²) in [4.78, 5) is 10.7. The van der Waals surface area contributed by atoms with Crippen molar-refractivity contribution in [1.29, 1.82) is 0 Å². The van der Waals surface area contributed by atoms with Gasteiger partial charge >= 0.3 is 5.97 Å². The molecule has 5 nitrogen and oxygen atoms in total. The predicted octanol–water partition coefficient (Wildman–Crippen LogP) is 0.125. The van der Waals surface area contributed by atoms with Crippen LogP contribution in [0.25, 0.3) is 0 Å². The van der Waals surface area contributed by atoms with Crippen molar-refractivity contribution < 1.29 is 23.1 Å². The van der Waals surface area contributed by atoms with E-state index in [0.29, 0.717) is 0 Å². The summed E-state index contributed by atoms with van der Waals surface area (Å²) in [6.45, 7) is 4.17. The van der Waals surface area contributed by atoms with Crippen molar-refractivity contribution in [2.45, 2.75) is 32.8 Å². The number of hydrogen-bond donors (Lipinski definition) is 1. The smallest absolute Gasteiger partial charge is 0.303 e.